The molecule has 24 heavy (non-hydrogen) atoms. The number of nitrogen functional groups attached to an aromatic ring is 2. The lowest BCUT2D eigenvalue weighted by atomic mass is 10.2. The van der Waals surface area contributed by atoms with Gasteiger partial charge in [0.2, 0.25) is 0 Å². The quantitative estimate of drug-likeness (QED) is 0.758. The summed E-state index contributed by atoms with van der Waals surface area (Å²) in [5.41, 5.74) is 12.4. The molecule has 2 aromatic heterocycles. The highest BCUT2D eigenvalue weighted by Gasteiger charge is 2.15. The van der Waals surface area contributed by atoms with Crippen LogP contribution < -0.4 is 11.5 Å². The molecular weight excluding hydrogens is 348 g/mol. The van der Waals surface area contributed by atoms with Crippen LogP contribution in [-0.4, -0.2) is 25.2 Å². The van der Waals surface area contributed by atoms with Gasteiger partial charge in [-0.15, -0.1) is 22.7 Å². The van der Waals surface area contributed by atoms with Crippen molar-refractivity contribution in [3.8, 4) is 0 Å². The minimum Gasteiger partial charge on any atom is -0.462 e. The van der Waals surface area contributed by atoms with Crippen LogP contribution in [-0.2, 0) is 9.47 Å². The van der Waals surface area contributed by atoms with E-state index in [0.29, 0.717) is 34.3 Å². The highest BCUT2D eigenvalue weighted by molar-refractivity contribution is 7.18. The molecule has 0 spiro atoms. The van der Waals surface area contributed by atoms with Gasteiger partial charge in [0.1, 0.15) is 10.0 Å². The molecule has 0 saturated carbocycles. The Kier molecular flexibility index (Phi) is 5.99. The van der Waals surface area contributed by atoms with Gasteiger partial charge in [-0.3, -0.25) is 0 Å². The summed E-state index contributed by atoms with van der Waals surface area (Å²) >= 11 is 2.57. The number of nitrogens with two attached hydrogens (primary N) is 2. The molecule has 0 aliphatic carbocycles. The predicted molar refractivity (Wildman–Crippen MR) is 98.3 cm³/mol. The summed E-state index contributed by atoms with van der Waals surface area (Å²) in [6, 6.07) is 3.36. The number of rotatable bonds is 6. The summed E-state index contributed by atoms with van der Waals surface area (Å²) in [5, 5.41) is 0.817. The smallest absolute Gasteiger partial charge is 0.341 e. The van der Waals surface area contributed by atoms with Crippen LogP contribution in [0.25, 0.3) is 12.2 Å². The maximum Gasteiger partial charge on any atom is 0.341 e. The standard InChI is InChI=1S/C16H18N2O4S2/c1-3-21-15(19)11-7-9(23-13(11)17)5-6-10-8-12(14(18)24-10)16(20)22-4-2/h5-8H,3-4,17-18H2,1-2H3/b6-5+. The van der Waals surface area contributed by atoms with E-state index < -0.39 is 11.9 Å². The zero-order valence-corrected chi connectivity index (χ0v) is 15.0. The summed E-state index contributed by atoms with van der Waals surface area (Å²) in [7, 11) is 0. The van der Waals surface area contributed by atoms with Crippen LogP contribution in [0, 0.1) is 0 Å². The molecule has 0 amide bonds. The lowest BCUT2D eigenvalue weighted by Crippen LogP contribution is -2.05. The maximum atomic E-state index is 11.8. The Morgan fingerprint density at radius 3 is 1.62 bits per heavy atom. The minimum absolute atomic E-state index is 0.296. The summed E-state index contributed by atoms with van der Waals surface area (Å²) in [4.78, 5) is 25.1. The molecule has 0 atom stereocenters. The molecule has 0 radical (unpaired) electrons. The van der Waals surface area contributed by atoms with Gasteiger partial charge in [0.15, 0.2) is 0 Å². The van der Waals surface area contributed by atoms with Gasteiger partial charge in [-0.2, -0.15) is 0 Å². The number of hydrogen-bond donors (Lipinski definition) is 2. The van der Waals surface area contributed by atoms with Gasteiger partial charge in [0.25, 0.3) is 0 Å². The lowest BCUT2D eigenvalue weighted by molar-refractivity contribution is 0.0518. The van der Waals surface area contributed by atoms with E-state index in [4.69, 9.17) is 20.9 Å². The third-order valence-electron chi connectivity index (χ3n) is 2.96. The van der Waals surface area contributed by atoms with Crippen LogP contribution >= 0.6 is 22.7 Å². The Morgan fingerprint density at radius 1 is 0.917 bits per heavy atom. The van der Waals surface area contributed by atoms with Crippen molar-refractivity contribution in [1.29, 1.82) is 0 Å². The van der Waals surface area contributed by atoms with Crippen molar-refractivity contribution in [2.24, 2.45) is 0 Å². The van der Waals surface area contributed by atoms with Crippen LogP contribution in [0.3, 0.4) is 0 Å². The summed E-state index contributed by atoms with van der Waals surface area (Å²) in [5.74, 6) is -0.869. The summed E-state index contributed by atoms with van der Waals surface area (Å²) in [6.45, 7) is 4.07. The van der Waals surface area contributed by atoms with Crippen molar-refractivity contribution < 1.29 is 19.1 Å². The van der Waals surface area contributed by atoms with E-state index in [1.807, 2.05) is 12.2 Å². The predicted octanol–water partition coefficient (Wildman–Crippen LogP) is 3.50. The molecule has 128 valence electrons. The van der Waals surface area contributed by atoms with Crippen molar-refractivity contribution in [2.75, 3.05) is 24.7 Å². The number of thiophene rings is 2. The van der Waals surface area contributed by atoms with Crippen LogP contribution in [0.1, 0.15) is 44.3 Å². The molecule has 0 unspecified atom stereocenters. The van der Waals surface area contributed by atoms with Crippen molar-refractivity contribution in [1.82, 2.24) is 0 Å². The Bertz CT molecular complexity index is 713. The SMILES string of the molecule is CCOC(=O)c1cc(/C=C/c2cc(C(=O)OCC)c(N)s2)sc1N. The number of hydrogen-bond acceptors (Lipinski definition) is 8. The Balaban J connectivity index is 2.17. The van der Waals surface area contributed by atoms with E-state index in [1.165, 1.54) is 22.7 Å². The molecule has 2 heterocycles. The highest BCUT2D eigenvalue weighted by atomic mass is 32.1. The monoisotopic (exact) mass is 366 g/mol. The average molecular weight is 366 g/mol. The van der Waals surface area contributed by atoms with E-state index in [2.05, 4.69) is 0 Å². The first kappa shape index (κ1) is 18.0. The molecule has 2 rings (SSSR count). The third-order valence-corrected chi connectivity index (χ3v) is 4.82. The Labute approximate surface area is 147 Å². The first-order chi connectivity index (χ1) is 11.5. The van der Waals surface area contributed by atoms with E-state index >= 15 is 0 Å². The summed E-state index contributed by atoms with van der Waals surface area (Å²) < 4.78 is 9.90. The van der Waals surface area contributed by atoms with Crippen molar-refractivity contribution in [3.05, 3.63) is 33.0 Å². The zero-order valence-electron chi connectivity index (χ0n) is 13.3. The molecule has 0 bridgehead atoms. The molecule has 0 aliphatic rings. The van der Waals surface area contributed by atoms with E-state index in [-0.39, 0.29) is 0 Å². The van der Waals surface area contributed by atoms with Crippen LogP contribution in [0.5, 0.6) is 0 Å². The largest absolute Gasteiger partial charge is 0.462 e. The second kappa shape index (κ2) is 7.98. The van der Waals surface area contributed by atoms with Crippen LogP contribution in [0.2, 0.25) is 0 Å². The third kappa shape index (κ3) is 4.15. The number of esters is 2. The number of anilines is 2. The van der Waals surface area contributed by atoms with Gasteiger partial charge < -0.3 is 20.9 Å². The van der Waals surface area contributed by atoms with Crippen LogP contribution in [0.15, 0.2) is 12.1 Å². The zero-order chi connectivity index (χ0) is 17.7. The van der Waals surface area contributed by atoms with E-state index in [0.717, 1.165) is 9.75 Å². The summed E-state index contributed by atoms with van der Waals surface area (Å²) in [6.07, 6.45) is 3.62. The van der Waals surface area contributed by atoms with Gasteiger partial charge in [0, 0.05) is 9.75 Å². The van der Waals surface area contributed by atoms with Crippen molar-refractivity contribution in [2.45, 2.75) is 13.8 Å². The molecule has 2 aromatic rings. The van der Waals surface area contributed by atoms with Gasteiger partial charge in [-0.25, -0.2) is 9.59 Å². The van der Waals surface area contributed by atoms with Crippen molar-refractivity contribution >= 4 is 56.8 Å². The molecule has 0 aromatic carbocycles. The number of carbonyl (C=O) groups is 2. The number of carbonyl (C=O) groups excluding carboxylic acids is 2. The molecule has 0 fully saturated rings. The van der Waals surface area contributed by atoms with E-state index in [1.54, 1.807) is 26.0 Å². The van der Waals surface area contributed by atoms with Crippen LogP contribution in [0.4, 0.5) is 10.0 Å². The Hall–Kier alpha value is -2.32. The average Bonchev–Trinajstić information content (AvgIpc) is 3.08. The molecule has 8 heteroatoms. The second-order valence-corrected chi connectivity index (χ2v) is 6.86. The minimum atomic E-state index is -0.434. The molecule has 4 N–H and O–H groups in total. The molecule has 0 saturated heterocycles. The van der Waals surface area contributed by atoms with Gasteiger partial charge in [0.05, 0.1) is 24.3 Å². The van der Waals surface area contributed by atoms with Gasteiger partial charge in [-0.05, 0) is 38.1 Å². The fourth-order valence-electron chi connectivity index (χ4n) is 1.91. The molecule has 0 aliphatic heterocycles. The van der Waals surface area contributed by atoms with Crippen molar-refractivity contribution in [3.63, 3.8) is 0 Å². The normalized spacial score (nSPS) is 10.9. The van der Waals surface area contributed by atoms with Gasteiger partial charge in [-0.1, -0.05) is 0 Å². The fraction of sp³-hybridized carbons (Fsp3) is 0.250. The fourth-order valence-corrected chi connectivity index (χ4v) is 3.55. The lowest BCUT2D eigenvalue weighted by Gasteiger charge is -1.98. The number of ether oxygens (including phenoxy) is 2. The second-order valence-electron chi connectivity index (χ2n) is 4.63. The highest BCUT2D eigenvalue weighted by Crippen LogP contribution is 2.30. The van der Waals surface area contributed by atoms with E-state index in [9.17, 15) is 9.59 Å². The molecule has 6 nitrogen and oxygen atoms in total. The topological polar surface area (TPSA) is 105 Å². The first-order valence-corrected chi connectivity index (χ1v) is 8.90. The maximum absolute atomic E-state index is 11.8. The molecular formula is C16H18N2O4S2. The van der Waals surface area contributed by atoms with Gasteiger partial charge >= 0.3 is 11.9 Å². The Morgan fingerprint density at radius 2 is 1.29 bits per heavy atom. The first-order valence-electron chi connectivity index (χ1n) is 7.27.